The fourth-order valence-electron chi connectivity index (χ4n) is 3.03. The Hall–Kier alpha value is -1.10. The first-order chi connectivity index (χ1) is 7.34. The predicted molar refractivity (Wildman–Crippen MR) is 53.3 cm³/mol. The van der Waals surface area contributed by atoms with Crippen LogP contribution in [0.4, 0.5) is 0 Å². The van der Waals surface area contributed by atoms with Crippen LogP contribution in [-0.2, 0) is 0 Å². The minimum atomic E-state index is -0.453. The Kier molecular flexibility index (Phi) is 2.12. The van der Waals surface area contributed by atoms with Crippen LogP contribution in [0.5, 0.6) is 0 Å². The lowest BCUT2D eigenvalue weighted by molar-refractivity contribution is 0.258. The minimum Gasteiger partial charge on any atom is -0.307 e. The summed E-state index contributed by atoms with van der Waals surface area (Å²) in [7, 11) is 0. The smallest absolute Gasteiger partial charge is 0.307 e. The molecule has 2 N–H and O–H groups in total. The molecule has 1 aliphatic heterocycles. The van der Waals surface area contributed by atoms with Gasteiger partial charge in [-0.2, -0.15) is 0 Å². The summed E-state index contributed by atoms with van der Waals surface area (Å²) >= 11 is 0. The van der Waals surface area contributed by atoms with E-state index in [1.165, 1.54) is 25.7 Å². The van der Waals surface area contributed by atoms with E-state index in [1.807, 2.05) is 0 Å². The van der Waals surface area contributed by atoms with Crippen LogP contribution >= 0.6 is 0 Å². The minimum absolute atomic E-state index is 0.196. The van der Waals surface area contributed by atoms with Crippen molar-refractivity contribution in [3.63, 3.8) is 0 Å². The first-order valence-corrected chi connectivity index (χ1v) is 5.64. The lowest BCUT2D eigenvalue weighted by Crippen LogP contribution is -2.22. The summed E-state index contributed by atoms with van der Waals surface area (Å²) < 4.78 is 4.56. The summed E-state index contributed by atoms with van der Waals surface area (Å²) in [5.74, 6) is 1.60. The van der Waals surface area contributed by atoms with E-state index >= 15 is 0 Å². The standard InChI is InChI=1S/C10H15N3O2/c14-10-12-9(13-15-10)8-7-4-2-1-3-6(7)5-11-8/h6-8,11H,1-5H2,(H,12,13,14). The molecule has 3 rings (SSSR count). The van der Waals surface area contributed by atoms with Gasteiger partial charge in [-0.05, 0) is 31.2 Å². The number of nitrogens with zero attached hydrogens (tertiary/aromatic N) is 1. The van der Waals surface area contributed by atoms with Crippen molar-refractivity contribution in [2.75, 3.05) is 6.54 Å². The molecule has 0 bridgehead atoms. The molecule has 3 unspecified atom stereocenters. The van der Waals surface area contributed by atoms with Crippen LogP contribution in [0.25, 0.3) is 0 Å². The lowest BCUT2D eigenvalue weighted by Gasteiger charge is -2.26. The Balaban J connectivity index is 1.85. The first kappa shape index (κ1) is 9.15. The molecule has 5 nitrogen and oxygen atoms in total. The molecule has 0 aromatic carbocycles. The maximum atomic E-state index is 10.9. The zero-order chi connectivity index (χ0) is 10.3. The van der Waals surface area contributed by atoms with Gasteiger partial charge in [0.05, 0.1) is 6.04 Å². The molecule has 2 aliphatic rings. The Bertz CT molecular complexity index is 397. The summed E-state index contributed by atoms with van der Waals surface area (Å²) in [4.78, 5) is 13.5. The van der Waals surface area contributed by atoms with Crippen molar-refractivity contribution in [1.82, 2.24) is 15.5 Å². The van der Waals surface area contributed by atoms with Gasteiger partial charge >= 0.3 is 5.76 Å². The molecule has 1 aliphatic carbocycles. The molecule has 1 aromatic heterocycles. The van der Waals surface area contributed by atoms with Crippen LogP contribution in [0.3, 0.4) is 0 Å². The van der Waals surface area contributed by atoms with E-state index in [1.54, 1.807) is 0 Å². The van der Waals surface area contributed by atoms with Crippen molar-refractivity contribution in [2.24, 2.45) is 11.8 Å². The van der Waals surface area contributed by atoms with Gasteiger partial charge in [0.2, 0.25) is 0 Å². The number of aromatic nitrogens is 2. The van der Waals surface area contributed by atoms with Crippen LogP contribution in [-0.4, -0.2) is 16.7 Å². The third kappa shape index (κ3) is 1.51. The zero-order valence-corrected chi connectivity index (χ0v) is 8.53. The highest BCUT2D eigenvalue weighted by Crippen LogP contribution is 2.41. The average molecular weight is 209 g/mol. The molecular formula is C10H15N3O2. The number of H-pyrrole nitrogens is 1. The quantitative estimate of drug-likeness (QED) is 0.718. The molecule has 3 atom stereocenters. The summed E-state index contributed by atoms with van der Waals surface area (Å²) in [6, 6.07) is 0.196. The summed E-state index contributed by atoms with van der Waals surface area (Å²) in [5.41, 5.74) is 0. The van der Waals surface area contributed by atoms with Crippen LogP contribution in [0.15, 0.2) is 9.32 Å². The zero-order valence-electron chi connectivity index (χ0n) is 8.53. The van der Waals surface area contributed by atoms with Gasteiger partial charge in [-0.1, -0.05) is 18.0 Å². The Morgan fingerprint density at radius 1 is 1.33 bits per heavy atom. The molecule has 1 saturated carbocycles. The Labute approximate surface area is 87.2 Å². The number of nitrogens with one attached hydrogen (secondary N) is 2. The van der Waals surface area contributed by atoms with Crippen molar-refractivity contribution < 1.29 is 4.52 Å². The van der Waals surface area contributed by atoms with Crippen molar-refractivity contribution in [3.8, 4) is 0 Å². The summed E-state index contributed by atoms with van der Waals surface area (Å²) in [5, 5.41) is 7.22. The molecule has 0 spiro atoms. The second-order valence-electron chi connectivity index (χ2n) is 4.57. The molecule has 0 radical (unpaired) electrons. The van der Waals surface area contributed by atoms with E-state index in [4.69, 9.17) is 0 Å². The molecule has 5 heteroatoms. The van der Waals surface area contributed by atoms with Crippen LogP contribution in [0.2, 0.25) is 0 Å². The molecule has 0 amide bonds. The molecule has 1 saturated heterocycles. The number of hydrogen-bond acceptors (Lipinski definition) is 4. The third-order valence-corrected chi connectivity index (χ3v) is 3.75. The van der Waals surface area contributed by atoms with E-state index in [9.17, 15) is 4.79 Å². The monoisotopic (exact) mass is 209 g/mol. The van der Waals surface area contributed by atoms with Gasteiger partial charge in [0.15, 0.2) is 5.82 Å². The average Bonchev–Trinajstić information content (AvgIpc) is 2.83. The molecular weight excluding hydrogens is 194 g/mol. The van der Waals surface area contributed by atoms with E-state index < -0.39 is 5.76 Å². The van der Waals surface area contributed by atoms with Crippen molar-refractivity contribution in [3.05, 3.63) is 16.4 Å². The second kappa shape index (κ2) is 3.48. The van der Waals surface area contributed by atoms with E-state index in [0.29, 0.717) is 11.7 Å². The number of hydrogen-bond donors (Lipinski definition) is 2. The molecule has 1 aromatic rings. The normalized spacial score (nSPS) is 35.3. The first-order valence-electron chi connectivity index (χ1n) is 5.64. The SMILES string of the molecule is O=c1[nH]c(C2NCC3CCCCC32)no1. The third-order valence-electron chi connectivity index (χ3n) is 3.75. The van der Waals surface area contributed by atoms with Gasteiger partial charge in [0.1, 0.15) is 0 Å². The van der Waals surface area contributed by atoms with Crippen molar-refractivity contribution in [1.29, 1.82) is 0 Å². The summed E-state index contributed by atoms with van der Waals surface area (Å²) in [6.45, 7) is 1.05. The highest BCUT2D eigenvalue weighted by molar-refractivity contribution is 5.02. The second-order valence-corrected chi connectivity index (χ2v) is 4.57. The van der Waals surface area contributed by atoms with Gasteiger partial charge in [-0.25, -0.2) is 4.79 Å². The van der Waals surface area contributed by atoms with Gasteiger partial charge in [0.25, 0.3) is 0 Å². The Morgan fingerprint density at radius 3 is 3.00 bits per heavy atom. The van der Waals surface area contributed by atoms with Crippen LogP contribution in [0.1, 0.15) is 37.5 Å². The van der Waals surface area contributed by atoms with E-state index in [0.717, 1.165) is 12.5 Å². The van der Waals surface area contributed by atoms with Gasteiger partial charge < -0.3 is 5.32 Å². The van der Waals surface area contributed by atoms with Crippen LogP contribution in [0, 0.1) is 11.8 Å². The van der Waals surface area contributed by atoms with Gasteiger partial charge in [-0.15, -0.1) is 0 Å². The number of aromatic amines is 1. The highest BCUT2D eigenvalue weighted by Gasteiger charge is 2.39. The molecule has 82 valence electrons. The number of fused-ring (bicyclic) bond motifs is 1. The van der Waals surface area contributed by atoms with Gasteiger partial charge in [-0.3, -0.25) is 9.51 Å². The topological polar surface area (TPSA) is 70.9 Å². The van der Waals surface area contributed by atoms with E-state index in [2.05, 4.69) is 20.0 Å². The fraction of sp³-hybridized carbons (Fsp3) is 0.800. The van der Waals surface area contributed by atoms with Crippen molar-refractivity contribution >= 4 is 0 Å². The maximum Gasteiger partial charge on any atom is 0.438 e. The predicted octanol–water partition coefficient (Wildman–Crippen LogP) is 0.814. The molecule has 2 heterocycles. The lowest BCUT2D eigenvalue weighted by atomic mass is 9.78. The van der Waals surface area contributed by atoms with Gasteiger partial charge in [0, 0.05) is 0 Å². The number of rotatable bonds is 1. The van der Waals surface area contributed by atoms with Crippen LogP contribution < -0.4 is 11.1 Å². The highest BCUT2D eigenvalue weighted by atomic mass is 16.5. The Morgan fingerprint density at radius 2 is 2.20 bits per heavy atom. The maximum absolute atomic E-state index is 10.9. The molecule has 2 fully saturated rings. The molecule has 15 heavy (non-hydrogen) atoms. The van der Waals surface area contributed by atoms with E-state index in [-0.39, 0.29) is 6.04 Å². The fourth-order valence-corrected chi connectivity index (χ4v) is 3.03. The largest absolute Gasteiger partial charge is 0.438 e. The summed E-state index contributed by atoms with van der Waals surface area (Å²) in [6.07, 6.45) is 5.17. The van der Waals surface area contributed by atoms with Crippen molar-refractivity contribution in [2.45, 2.75) is 31.7 Å².